The molecule has 0 spiro atoms. The fraction of sp³-hybridized carbons (Fsp3) is 0.381. The highest BCUT2D eigenvalue weighted by atomic mass is 35.5. The summed E-state index contributed by atoms with van der Waals surface area (Å²) in [4.78, 5) is 14.6. The lowest BCUT2D eigenvalue weighted by molar-refractivity contribution is -0.139. The first-order valence-corrected chi connectivity index (χ1v) is 9.32. The Morgan fingerprint density at radius 2 is 1.85 bits per heavy atom. The third-order valence-electron chi connectivity index (χ3n) is 4.96. The summed E-state index contributed by atoms with van der Waals surface area (Å²) in [5.74, 6) is 1.41. The van der Waals surface area contributed by atoms with Crippen LogP contribution in [0.2, 0.25) is 5.02 Å². The number of benzene rings is 2. The average molecular weight is 374 g/mol. The van der Waals surface area contributed by atoms with Gasteiger partial charge in [0.25, 0.3) is 5.91 Å². The number of ether oxygens (including phenoxy) is 1. The van der Waals surface area contributed by atoms with E-state index in [9.17, 15) is 9.90 Å². The van der Waals surface area contributed by atoms with Crippen LogP contribution in [0, 0.1) is 6.92 Å². The lowest BCUT2D eigenvalue weighted by atomic mass is 9.89. The quantitative estimate of drug-likeness (QED) is 0.856. The molecule has 1 aliphatic heterocycles. The number of hydrogen-bond donors (Lipinski definition) is 1. The number of nitrogens with zero attached hydrogens (tertiary/aromatic N) is 1. The van der Waals surface area contributed by atoms with Crippen molar-refractivity contribution in [3.8, 4) is 11.5 Å². The first-order valence-electron chi connectivity index (χ1n) is 8.94. The SMILES string of the molecule is Cc1cc(Cl)ccc1O[C@@H](C)C(=O)N1CCC(c2ccc(O)cc2)CC1. The van der Waals surface area contributed by atoms with Crippen molar-refractivity contribution >= 4 is 17.5 Å². The number of phenols is 1. The molecule has 0 bridgehead atoms. The van der Waals surface area contributed by atoms with Gasteiger partial charge in [0.05, 0.1) is 0 Å². The number of phenolic OH excluding ortho intramolecular Hbond substituents is 1. The summed E-state index contributed by atoms with van der Waals surface area (Å²) in [5.41, 5.74) is 2.14. The van der Waals surface area contributed by atoms with E-state index >= 15 is 0 Å². The number of likely N-dealkylation sites (tertiary alicyclic amines) is 1. The molecule has 26 heavy (non-hydrogen) atoms. The fourth-order valence-electron chi connectivity index (χ4n) is 3.42. The van der Waals surface area contributed by atoms with Gasteiger partial charge >= 0.3 is 0 Å². The zero-order chi connectivity index (χ0) is 18.7. The van der Waals surface area contributed by atoms with Crippen LogP contribution >= 0.6 is 11.6 Å². The predicted octanol–water partition coefficient (Wildman–Crippen LogP) is 4.53. The maximum atomic E-state index is 12.7. The van der Waals surface area contributed by atoms with Crippen LogP contribution in [0.5, 0.6) is 11.5 Å². The molecule has 0 unspecified atom stereocenters. The average Bonchev–Trinajstić information content (AvgIpc) is 2.64. The number of halogens is 1. The van der Waals surface area contributed by atoms with Gasteiger partial charge in [-0.2, -0.15) is 0 Å². The van der Waals surface area contributed by atoms with E-state index in [1.54, 1.807) is 31.2 Å². The van der Waals surface area contributed by atoms with E-state index in [1.807, 2.05) is 30.0 Å². The number of carbonyl (C=O) groups excluding carboxylic acids is 1. The molecule has 5 heteroatoms. The van der Waals surface area contributed by atoms with Crippen LogP contribution in [0.15, 0.2) is 42.5 Å². The van der Waals surface area contributed by atoms with Gasteiger partial charge in [0.1, 0.15) is 11.5 Å². The van der Waals surface area contributed by atoms with Gasteiger partial charge in [-0.3, -0.25) is 4.79 Å². The Bertz CT molecular complexity index is 767. The smallest absolute Gasteiger partial charge is 0.263 e. The number of carbonyl (C=O) groups is 1. The van der Waals surface area contributed by atoms with E-state index in [4.69, 9.17) is 16.3 Å². The molecule has 0 aliphatic carbocycles. The van der Waals surface area contributed by atoms with Crippen LogP contribution in [-0.2, 0) is 4.79 Å². The highest BCUT2D eigenvalue weighted by molar-refractivity contribution is 6.30. The van der Waals surface area contributed by atoms with Crippen molar-refractivity contribution in [1.29, 1.82) is 0 Å². The first-order chi connectivity index (χ1) is 12.4. The lowest BCUT2D eigenvalue weighted by Gasteiger charge is -2.33. The third-order valence-corrected chi connectivity index (χ3v) is 5.19. The molecule has 2 aromatic rings. The molecule has 3 rings (SSSR count). The molecule has 0 radical (unpaired) electrons. The Morgan fingerprint density at radius 3 is 2.46 bits per heavy atom. The molecule has 1 aliphatic rings. The van der Waals surface area contributed by atoms with Crippen molar-refractivity contribution in [1.82, 2.24) is 4.90 Å². The first kappa shape index (κ1) is 18.6. The third kappa shape index (κ3) is 4.31. The zero-order valence-corrected chi connectivity index (χ0v) is 15.9. The molecule has 0 aromatic heterocycles. The van der Waals surface area contributed by atoms with Crippen LogP contribution in [-0.4, -0.2) is 35.1 Å². The Labute approximate surface area is 159 Å². The molecule has 4 nitrogen and oxygen atoms in total. The van der Waals surface area contributed by atoms with E-state index in [2.05, 4.69) is 0 Å². The summed E-state index contributed by atoms with van der Waals surface area (Å²) in [7, 11) is 0. The largest absolute Gasteiger partial charge is 0.508 e. The van der Waals surface area contributed by atoms with Crippen molar-refractivity contribution in [3.05, 3.63) is 58.6 Å². The molecule has 1 heterocycles. The van der Waals surface area contributed by atoms with Gasteiger partial charge < -0.3 is 14.7 Å². The van der Waals surface area contributed by atoms with Crippen molar-refractivity contribution in [2.24, 2.45) is 0 Å². The van der Waals surface area contributed by atoms with Crippen molar-refractivity contribution < 1.29 is 14.6 Å². The summed E-state index contributed by atoms with van der Waals surface area (Å²) in [6.07, 6.45) is 1.31. The van der Waals surface area contributed by atoms with Crippen LogP contribution < -0.4 is 4.74 Å². The van der Waals surface area contributed by atoms with E-state index in [1.165, 1.54) is 5.56 Å². The Kier molecular flexibility index (Phi) is 5.72. The van der Waals surface area contributed by atoms with Crippen LogP contribution in [0.1, 0.15) is 36.8 Å². The second kappa shape index (κ2) is 8.00. The minimum absolute atomic E-state index is 0.0171. The van der Waals surface area contributed by atoms with Crippen molar-refractivity contribution in [3.63, 3.8) is 0 Å². The van der Waals surface area contributed by atoms with Crippen LogP contribution in [0.4, 0.5) is 0 Å². The standard InChI is InChI=1S/C21H24ClNO3/c1-14-13-18(22)5-8-20(14)26-15(2)21(25)23-11-9-17(10-12-23)16-3-6-19(24)7-4-16/h3-8,13,15,17,24H,9-12H2,1-2H3/t15-/m0/s1. The molecular weight excluding hydrogens is 350 g/mol. The summed E-state index contributed by atoms with van der Waals surface area (Å²) >= 11 is 5.97. The van der Waals surface area contributed by atoms with E-state index < -0.39 is 6.10 Å². The van der Waals surface area contributed by atoms with Crippen molar-refractivity contribution in [2.45, 2.75) is 38.7 Å². The van der Waals surface area contributed by atoms with Gasteiger partial charge in [0.15, 0.2) is 6.10 Å². The molecule has 1 fully saturated rings. The second-order valence-corrected chi connectivity index (χ2v) is 7.30. The van der Waals surface area contributed by atoms with Gasteiger partial charge in [-0.15, -0.1) is 0 Å². The zero-order valence-electron chi connectivity index (χ0n) is 15.1. The highest BCUT2D eigenvalue weighted by Crippen LogP contribution is 2.30. The predicted molar refractivity (Wildman–Crippen MR) is 103 cm³/mol. The molecule has 2 aromatic carbocycles. The molecule has 1 amide bonds. The second-order valence-electron chi connectivity index (χ2n) is 6.86. The minimum Gasteiger partial charge on any atom is -0.508 e. The number of hydrogen-bond acceptors (Lipinski definition) is 3. The Balaban J connectivity index is 1.56. The molecular formula is C21H24ClNO3. The van der Waals surface area contributed by atoms with Gasteiger partial charge in [-0.25, -0.2) is 0 Å². The number of piperidine rings is 1. The van der Waals surface area contributed by atoms with E-state index in [0.717, 1.165) is 31.5 Å². The maximum Gasteiger partial charge on any atom is 0.263 e. The van der Waals surface area contributed by atoms with Crippen molar-refractivity contribution in [2.75, 3.05) is 13.1 Å². The summed E-state index contributed by atoms with van der Waals surface area (Å²) in [6, 6.07) is 12.8. The number of aromatic hydroxyl groups is 1. The Hall–Kier alpha value is -2.20. The summed E-state index contributed by atoms with van der Waals surface area (Å²) in [5, 5.41) is 10.1. The Morgan fingerprint density at radius 1 is 1.19 bits per heavy atom. The number of amides is 1. The topological polar surface area (TPSA) is 49.8 Å². The minimum atomic E-state index is -0.528. The number of aryl methyl sites for hydroxylation is 1. The molecule has 1 saturated heterocycles. The molecule has 1 N–H and O–H groups in total. The van der Waals surface area contributed by atoms with E-state index in [0.29, 0.717) is 16.7 Å². The lowest BCUT2D eigenvalue weighted by Crippen LogP contribution is -2.44. The highest BCUT2D eigenvalue weighted by Gasteiger charge is 2.27. The maximum absolute atomic E-state index is 12.7. The van der Waals surface area contributed by atoms with Gasteiger partial charge in [0, 0.05) is 18.1 Å². The van der Waals surface area contributed by atoms with Gasteiger partial charge in [0.2, 0.25) is 0 Å². The van der Waals surface area contributed by atoms with Crippen LogP contribution in [0.25, 0.3) is 0 Å². The molecule has 1 atom stereocenters. The summed E-state index contributed by atoms with van der Waals surface area (Å²) in [6.45, 7) is 5.15. The summed E-state index contributed by atoms with van der Waals surface area (Å²) < 4.78 is 5.86. The van der Waals surface area contributed by atoms with Crippen LogP contribution in [0.3, 0.4) is 0 Å². The normalized spacial score (nSPS) is 16.3. The van der Waals surface area contributed by atoms with Gasteiger partial charge in [-0.1, -0.05) is 23.7 Å². The molecule has 0 saturated carbocycles. The molecule has 138 valence electrons. The van der Waals surface area contributed by atoms with Gasteiger partial charge in [-0.05, 0) is 74.1 Å². The fourth-order valence-corrected chi connectivity index (χ4v) is 3.65. The monoisotopic (exact) mass is 373 g/mol. The van der Waals surface area contributed by atoms with E-state index in [-0.39, 0.29) is 11.7 Å². The number of rotatable bonds is 4.